The van der Waals surface area contributed by atoms with Crippen molar-refractivity contribution in [3.05, 3.63) is 77.9 Å². The minimum atomic E-state index is -0.417. The molecule has 32 heavy (non-hydrogen) atoms. The molecule has 3 aromatic rings. The van der Waals surface area contributed by atoms with Gasteiger partial charge in [-0.2, -0.15) is 5.10 Å². The summed E-state index contributed by atoms with van der Waals surface area (Å²) in [5, 5.41) is 6.89. The zero-order chi connectivity index (χ0) is 22.5. The molecular weight excluding hydrogens is 411 g/mol. The van der Waals surface area contributed by atoms with Crippen molar-refractivity contribution < 1.29 is 18.7 Å². The number of amides is 2. The van der Waals surface area contributed by atoms with Crippen molar-refractivity contribution in [1.82, 2.24) is 14.7 Å². The maximum atomic E-state index is 13.7. The molecule has 1 unspecified atom stereocenters. The summed E-state index contributed by atoms with van der Waals surface area (Å²) in [5.74, 6) is -0.0361. The van der Waals surface area contributed by atoms with Crippen molar-refractivity contribution in [2.45, 2.75) is 31.8 Å². The fraction of sp³-hybridized carbons (Fsp3) is 0.292. The molecule has 8 heteroatoms. The predicted molar refractivity (Wildman–Crippen MR) is 118 cm³/mol. The number of hydrogen-bond acceptors (Lipinski definition) is 4. The van der Waals surface area contributed by atoms with Gasteiger partial charge in [-0.3, -0.25) is 14.3 Å². The van der Waals surface area contributed by atoms with Gasteiger partial charge in [-0.1, -0.05) is 30.3 Å². The standard InChI is InChI=1S/C24H25FN4O3/c1-32-20-8-4-7-18(12-20)22-10-5-11-29(22)24(31)16-28-15-19(14-26-28)27-23(30)13-17-6-2-3-9-21(17)25/h2-4,6-9,12,14-15,22H,5,10-11,13,16H2,1H3,(H,27,30). The number of halogens is 1. The Labute approximate surface area is 185 Å². The molecule has 1 aliphatic heterocycles. The predicted octanol–water partition coefficient (Wildman–Crippen LogP) is 3.58. The summed E-state index contributed by atoms with van der Waals surface area (Å²) in [6, 6.07) is 14.0. The number of ether oxygens (including phenoxy) is 1. The zero-order valence-corrected chi connectivity index (χ0v) is 17.8. The van der Waals surface area contributed by atoms with Gasteiger partial charge in [0.15, 0.2) is 0 Å². The Bertz CT molecular complexity index is 1110. The number of likely N-dealkylation sites (tertiary alicyclic amines) is 1. The summed E-state index contributed by atoms with van der Waals surface area (Å²) >= 11 is 0. The number of benzene rings is 2. The maximum Gasteiger partial charge on any atom is 0.244 e. The SMILES string of the molecule is COc1cccc(C2CCCN2C(=O)Cn2cc(NC(=O)Cc3ccccc3F)cn2)c1. The van der Waals surface area contributed by atoms with E-state index in [0.717, 1.165) is 24.2 Å². The van der Waals surface area contributed by atoms with Crippen LogP contribution in [0.4, 0.5) is 10.1 Å². The van der Waals surface area contributed by atoms with Gasteiger partial charge in [-0.15, -0.1) is 0 Å². The Morgan fingerprint density at radius 2 is 2.06 bits per heavy atom. The van der Waals surface area contributed by atoms with Crippen LogP contribution in [0.3, 0.4) is 0 Å². The second-order valence-electron chi connectivity index (χ2n) is 7.76. The van der Waals surface area contributed by atoms with Crippen molar-refractivity contribution in [3.8, 4) is 5.75 Å². The Morgan fingerprint density at radius 1 is 1.22 bits per heavy atom. The summed E-state index contributed by atoms with van der Waals surface area (Å²) in [5.41, 5.74) is 1.84. The van der Waals surface area contributed by atoms with Gasteiger partial charge in [0, 0.05) is 12.7 Å². The third-order valence-corrected chi connectivity index (χ3v) is 5.57. The molecule has 4 rings (SSSR count). The molecule has 1 atom stereocenters. The normalized spacial score (nSPS) is 15.6. The topological polar surface area (TPSA) is 76.5 Å². The van der Waals surface area contributed by atoms with Crippen LogP contribution in [0.2, 0.25) is 0 Å². The molecule has 1 fully saturated rings. The second-order valence-corrected chi connectivity index (χ2v) is 7.76. The summed E-state index contributed by atoms with van der Waals surface area (Å²) < 4.78 is 20.5. The highest BCUT2D eigenvalue weighted by molar-refractivity contribution is 5.92. The van der Waals surface area contributed by atoms with Crippen LogP contribution in [0.15, 0.2) is 60.9 Å². The highest BCUT2D eigenvalue weighted by Gasteiger charge is 2.30. The monoisotopic (exact) mass is 436 g/mol. The van der Waals surface area contributed by atoms with Gasteiger partial charge in [0.05, 0.1) is 31.5 Å². The van der Waals surface area contributed by atoms with Crippen molar-refractivity contribution in [3.63, 3.8) is 0 Å². The Morgan fingerprint density at radius 3 is 2.88 bits per heavy atom. The van der Waals surface area contributed by atoms with E-state index in [-0.39, 0.29) is 30.8 Å². The molecule has 2 heterocycles. The van der Waals surface area contributed by atoms with Crippen molar-refractivity contribution in [1.29, 1.82) is 0 Å². The van der Waals surface area contributed by atoms with Gasteiger partial charge in [-0.05, 0) is 42.2 Å². The van der Waals surface area contributed by atoms with Crippen LogP contribution < -0.4 is 10.1 Å². The van der Waals surface area contributed by atoms with E-state index in [2.05, 4.69) is 10.4 Å². The molecule has 1 saturated heterocycles. The van der Waals surface area contributed by atoms with Gasteiger partial charge >= 0.3 is 0 Å². The van der Waals surface area contributed by atoms with Crippen LogP contribution in [-0.2, 0) is 22.6 Å². The number of nitrogens with zero attached hydrogens (tertiary/aromatic N) is 3. The van der Waals surface area contributed by atoms with E-state index in [1.54, 1.807) is 31.5 Å². The third kappa shape index (κ3) is 4.96. The van der Waals surface area contributed by atoms with E-state index in [9.17, 15) is 14.0 Å². The minimum Gasteiger partial charge on any atom is -0.497 e. The number of aromatic nitrogens is 2. The zero-order valence-electron chi connectivity index (χ0n) is 17.8. The molecule has 2 aromatic carbocycles. The van der Waals surface area contributed by atoms with Gasteiger partial charge < -0.3 is 15.0 Å². The summed E-state index contributed by atoms with van der Waals surface area (Å²) in [4.78, 5) is 27.1. The van der Waals surface area contributed by atoms with Gasteiger partial charge in [0.25, 0.3) is 0 Å². The molecule has 1 N–H and O–H groups in total. The third-order valence-electron chi connectivity index (χ3n) is 5.57. The van der Waals surface area contributed by atoms with Crippen molar-refractivity contribution >= 4 is 17.5 Å². The van der Waals surface area contributed by atoms with Gasteiger partial charge in [0.1, 0.15) is 18.1 Å². The molecule has 0 bridgehead atoms. The first-order valence-electron chi connectivity index (χ1n) is 10.5. The smallest absolute Gasteiger partial charge is 0.244 e. The van der Waals surface area contributed by atoms with E-state index >= 15 is 0 Å². The van der Waals surface area contributed by atoms with Crippen molar-refractivity contribution in [2.75, 3.05) is 19.0 Å². The van der Waals surface area contributed by atoms with Crippen LogP contribution in [-0.4, -0.2) is 40.1 Å². The molecule has 0 saturated carbocycles. The highest BCUT2D eigenvalue weighted by atomic mass is 19.1. The Balaban J connectivity index is 1.37. The van der Waals surface area contributed by atoms with E-state index in [4.69, 9.17) is 4.74 Å². The maximum absolute atomic E-state index is 13.7. The van der Waals surface area contributed by atoms with Crippen LogP contribution in [0.1, 0.15) is 30.0 Å². The Hall–Kier alpha value is -3.68. The molecular formula is C24H25FN4O3. The summed E-state index contributed by atoms with van der Waals surface area (Å²) in [6.07, 6.45) is 4.84. The number of methoxy groups -OCH3 is 1. The number of carbonyl (C=O) groups is 2. The number of hydrogen-bond donors (Lipinski definition) is 1. The van der Waals surface area contributed by atoms with E-state index in [1.807, 2.05) is 29.2 Å². The quantitative estimate of drug-likeness (QED) is 0.614. The van der Waals surface area contributed by atoms with E-state index in [1.165, 1.54) is 16.9 Å². The second kappa shape index (κ2) is 9.64. The van der Waals surface area contributed by atoms with Crippen molar-refractivity contribution in [2.24, 2.45) is 0 Å². The Kier molecular flexibility index (Phi) is 6.49. The molecule has 0 spiro atoms. The van der Waals surface area contributed by atoms with Gasteiger partial charge in [0.2, 0.25) is 11.8 Å². The van der Waals surface area contributed by atoms with E-state index < -0.39 is 5.82 Å². The van der Waals surface area contributed by atoms with Crippen LogP contribution in [0, 0.1) is 5.82 Å². The lowest BCUT2D eigenvalue weighted by molar-refractivity contribution is -0.133. The fourth-order valence-electron chi connectivity index (χ4n) is 4.02. The minimum absolute atomic E-state index is 0.00750. The average molecular weight is 436 g/mol. The molecule has 1 aromatic heterocycles. The largest absolute Gasteiger partial charge is 0.497 e. The molecule has 2 amide bonds. The first-order valence-corrected chi connectivity index (χ1v) is 10.5. The number of nitrogens with one attached hydrogen (secondary N) is 1. The van der Waals surface area contributed by atoms with E-state index in [0.29, 0.717) is 17.8 Å². The average Bonchev–Trinajstić information content (AvgIpc) is 3.45. The molecule has 0 aliphatic carbocycles. The van der Waals surface area contributed by atoms with Crippen LogP contribution in [0.25, 0.3) is 0 Å². The van der Waals surface area contributed by atoms with Crippen LogP contribution >= 0.6 is 0 Å². The number of rotatable bonds is 7. The lowest BCUT2D eigenvalue weighted by atomic mass is 10.0. The molecule has 166 valence electrons. The van der Waals surface area contributed by atoms with Crippen LogP contribution in [0.5, 0.6) is 5.75 Å². The number of anilines is 1. The molecule has 0 radical (unpaired) electrons. The first kappa shape index (κ1) is 21.5. The lowest BCUT2D eigenvalue weighted by Gasteiger charge is -2.25. The van der Waals surface area contributed by atoms with Gasteiger partial charge in [-0.25, -0.2) is 4.39 Å². The lowest BCUT2D eigenvalue weighted by Crippen LogP contribution is -2.33. The summed E-state index contributed by atoms with van der Waals surface area (Å²) in [7, 11) is 1.63. The molecule has 1 aliphatic rings. The fourth-order valence-corrected chi connectivity index (χ4v) is 4.02. The first-order chi connectivity index (χ1) is 15.5. The number of carbonyl (C=O) groups excluding carboxylic acids is 2. The molecule has 7 nitrogen and oxygen atoms in total. The summed E-state index contributed by atoms with van der Waals surface area (Å²) in [6.45, 7) is 0.762. The highest BCUT2D eigenvalue weighted by Crippen LogP contribution is 2.33.